The highest BCUT2D eigenvalue weighted by atomic mass is 16.3. The van der Waals surface area contributed by atoms with Crippen molar-refractivity contribution in [3.63, 3.8) is 0 Å². The zero-order valence-corrected chi connectivity index (χ0v) is 38.7. The van der Waals surface area contributed by atoms with Gasteiger partial charge in [-0.1, -0.05) is 264 Å². The van der Waals surface area contributed by atoms with Crippen molar-refractivity contribution >= 4 is 5.91 Å². The second kappa shape index (κ2) is 47.8. The molecule has 0 heterocycles. The number of aliphatic hydroxyl groups is 3. The molecule has 0 radical (unpaired) electrons. The molecular formula is C52H103NO4. The molecule has 0 spiro atoms. The van der Waals surface area contributed by atoms with Crippen molar-refractivity contribution < 1.29 is 20.1 Å². The molecule has 4 N–H and O–H groups in total. The van der Waals surface area contributed by atoms with Crippen LogP contribution >= 0.6 is 0 Å². The monoisotopic (exact) mass is 806 g/mol. The quantitative estimate of drug-likeness (QED) is 0.0364. The minimum absolute atomic E-state index is 0.310. The Morgan fingerprint density at radius 2 is 0.667 bits per heavy atom. The van der Waals surface area contributed by atoms with Gasteiger partial charge in [0.2, 0.25) is 5.91 Å². The average Bonchev–Trinajstić information content (AvgIpc) is 3.22. The van der Waals surface area contributed by atoms with Crippen LogP contribution in [0.15, 0.2) is 12.2 Å². The van der Waals surface area contributed by atoms with Gasteiger partial charge in [-0.05, 0) is 38.5 Å². The van der Waals surface area contributed by atoms with Gasteiger partial charge in [-0.25, -0.2) is 0 Å². The van der Waals surface area contributed by atoms with E-state index in [9.17, 15) is 20.1 Å². The normalized spacial score (nSPS) is 13.4. The molecular weight excluding hydrogens is 703 g/mol. The third-order valence-corrected chi connectivity index (χ3v) is 12.4. The van der Waals surface area contributed by atoms with Gasteiger partial charge in [0.1, 0.15) is 6.10 Å². The van der Waals surface area contributed by atoms with Crippen molar-refractivity contribution in [1.82, 2.24) is 5.32 Å². The molecule has 0 rings (SSSR count). The number of carbonyl (C=O) groups is 1. The zero-order valence-electron chi connectivity index (χ0n) is 38.7. The van der Waals surface area contributed by atoms with Crippen LogP contribution in [0.4, 0.5) is 0 Å². The van der Waals surface area contributed by atoms with Gasteiger partial charge in [-0.2, -0.15) is 0 Å². The van der Waals surface area contributed by atoms with Crippen LogP contribution in [0.2, 0.25) is 0 Å². The predicted octanol–water partition coefficient (Wildman–Crippen LogP) is 15.6. The second-order valence-corrected chi connectivity index (χ2v) is 18.1. The van der Waals surface area contributed by atoms with Crippen LogP contribution < -0.4 is 5.32 Å². The maximum absolute atomic E-state index is 12.5. The Bertz CT molecular complexity index is 803. The number of allylic oxidation sites excluding steroid dienone is 2. The van der Waals surface area contributed by atoms with Crippen molar-refractivity contribution in [2.45, 2.75) is 308 Å². The third-order valence-electron chi connectivity index (χ3n) is 12.4. The van der Waals surface area contributed by atoms with Gasteiger partial charge < -0.3 is 20.6 Å². The molecule has 0 aromatic carbocycles. The first kappa shape index (κ1) is 56.1. The van der Waals surface area contributed by atoms with Gasteiger partial charge in [0, 0.05) is 0 Å². The fourth-order valence-corrected chi connectivity index (χ4v) is 8.31. The first-order valence-corrected chi connectivity index (χ1v) is 26.0. The Kier molecular flexibility index (Phi) is 47.0. The highest BCUT2D eigenvalue weighted by Gasteiger charge is 2.23. The van der Waals surface area contributed by atoms with Crippen molar-refractivity contribution in [2.24, 2.45) is 0 Å². The fraction of sp³-hybridized carbons (Fsp3) is 0.942. The maximum atomic E-state index is 12.5. The smallest absolute Gasteiger partial charge is 0.249 e. The molecule has 0 bridgehead atoms. The lowest BCUT2D eigenvalue weighted by Crippen LogP contribution is -2.49. The first-order valence-electron chi connectivity index (χ1n) is 26.0. The van der Waals surface area contributed by atoms with Crippen LogP contribution in [0, 0.1) is 0 Å². The summed E-state index contributed by atoms with van der Waals surface area (Å²) in [5.41, 5.74) is 0. The fourth-order valence-electron chi connectivity index (χ4n) is 8.31. The van der Waals surface area contributed by atoms with E-state index in [0.717, 1.165) is 32.1 Å². The molecule has 3 unspecified atom stereocenters. The largest absolute Gasteiger partial charge is 0.394 e. The van der Waals surface area contributed by atoms with Crippen LogP contribution in [-0.2, 0) is 4.79 Å². The Labute approximate surface area is 357 Å². The maximum Gasteiger partial charge on any atom is 0.249 e. The third kappa shape index (κ3) is 43.0. The van der Waals surface area contributed by atoms with Crippen LogP contribution in [0.1, 0.15) is 290 Å². The highest BCUT2D eigenvalue weighted by molar-refractivity contribution is 5.80. The van der Waals surface area contributed by atoms with Gasteiger partial charge in [-0.3, -0.25) is 4.79 Å². The molecule has 3 atom stereocenters. The molecule has 0 saturated heterocycles. The highest BCUT2D eigenvalue weighted by Crippen LogP contribution is 2.17. The summed E-state index contributed by atoms with van der Waals surface area (Å²) in [4.78, 5) is 12.5. The lowest BCUT2D eigenvalue weighted by molar-refractivity contribution is -0.131. The SMILES string of the molecule is CCCCCCCCCCCCCC/C=C\CCCCCCCCCCCCCCCCCC(O)C(=O)NC(CO)C(O)CCCCCCCCCCCCCC. The number of nitrogens with one attached hydrogen (secondary N) is 1. The average molecular weight is 806 g/mol. The summed E-state index contributed by atoms with van der Waals surface area (Å²) < 4.78 is 0. The Morgan fingerprint density at radius 3 is 0.965 bits per heavy atom. The molecule has 5 heteroatoms. The van der Waals surface area contributed by atoms with E-state index in [2.05, 4.69) is 31.3 Å². The van der Waals surface area contributed by atoms with Crippen molar-refractivity contribution in [3.05, 3.63) is 12.2 Å². The standard InChI is InChI=1S/C52H103NO4/c1-3-5-7-9-11-13-15-17-18-19-20-21-22-23-24-25-26-27-28-29-30-31-32-33-34-35-37-39-41-43-45-47-51(56)52(57)53-49(48-54)50(55)46-44-42-40-38-36-16-14-12-10-8-6-4-2/h23-24,49-51,54-56H,3-22,25-48H2,1-2H3,(H,53,57)/b24-23-. The van der Waals surface area contributed by atoms with E-state index >= 15 is 0 Å². The minimum Gasteiger partial charge on any atom is -0.394 e. The topological polar surface area (TPSA) is 89.8 Å². The van der Waals surface area contributed by atoms with E-state index in [1.54, 1.807) is 0 Å². The van der Waals surface area contributed by atoms with Crippen molar-refractivity contribution in [2.75, 3.05) is 6.61 Å². The molecule has 0 aliphatic heterocycles. The van der Waals surface area contributed by atoms with E-state index in [1.165, 1.54) is 231 Å². The molecule has 1 amide bonds. The Hall–Kier alpha value is -0.910. The van der Waals surface area contributed by atoms with E-state index in [0.29, 0.717) is 12.8 Å². The Morgan fingerprint density at radius 1 is 0.404 bits per heavy atom. The summed E-state index contributed by atoms with van der Waals surface area (Å²) in [6, 6.07) is -0.707. The summed E-state index contributed by atoms with van der Waals surface area (Å²) in [7, 11) is 0. The number of unbranched alkanes of at least 4 members (excludes halogenated alkanes) is 38. The number of rotatable bonds is 48. The molecule has 0 aliphatic carbocycles. The summed E-state index contributed by atoms with van der Waals surface area (Å²) >= 11 is 0. The Balaban J connectivity index is 3.47. The molecule has 5 nitrogen and oxygen atoms in total. The van der Waals surface area contributed by atoms with E-state index < -0.39 is 24.2 Å². The number of aliphatic hydroxyl groups excluding tert-OH is 3. The molecule has 0 aromatic heterocycles. The summed E-state index contributed by atoms with van der Waals surface area (Å²) in [6.07, 6.45) is 58.2. The van der Waals surface area contributed by atoms with Gasteiger partial charge in [0.25, 0.3) is 0 Å². The molecule has 0 aliphatic rings. The summed E-state index contributed by atoms with van der Waals surface area (Å²) in [5.74, 6) is -0.467. The lowest BCUT2D eigenvalue weighted by atomic mass is 10.0. The molecule has 0 aromatic rings. The molecule has 0 fully saturated rings. The van der Waals surface area contributed by atoms with E-state index in [1.807, 2.05) is 0 Å². The number of hydrogen-bond donors (Lipinski definition) is 4. The number of amides is 1. The lowest BCUT2D eigenvalue weighted by Gasteiger charge is -2.23. The van der Waals surface area contributed by atoms with Gasteiger partial charge >= 0.3 is 0 Å². The van der Waals surface area contributed by atoms with E-state index in [-0.39, 0.29) is 6.61 Å². The minimum atomic E-state index is -1.07. The van der Waals surface area contributed by atoms with E-state index in [4.69, 9.17) is 0 Å². The van der Waals surface area contributed by atoms with Gasteiger partial charge in [0.15, 0.2) is 0 Å². The predicted molar refractivity (Wildman–Crippen MR) is 250 cm³/mol. The van der Waals surface area contributed by atoms with Crippen LogP contribution in [0.25, 0.3) is 0 Å². The summed E-state index contributed by atoms with van der Waals surface area (Å²) in [5, 5.41) is 33.3. The first-order chi connectivity index (χ1) is 28.1. The molecule has 57 heavy (non-hydrogen) atoms. The van der Waals surface area contributed by atoms with Gasteiger partial charge in [0.05, 0.1) is 18.8 Å². The summed E-state index contributed by atoms with van der Waals surface area (Å²) in [6.45, 7) is 4.25. The second-order valence-electron chi connectivity index (χ2n) is 18.1. The van der Waals surface area contributed by atoms with Crippen molar-refractivity contribution in [1.29, 1.82) is 0 Å². The number of carbonyl (C=O) groups excluding carboxylic acids is 1. The number of hydrogen-bond acceptors (Lipinski definition) is 4. The van der Waals surface area contributed by atoms with Crippen molar-refractivity contribution in [3.8, 4) is 0 Å². The van der Waals surface area contributed by atoms with Crippen LogP contribution in [0.3, 0.4) is 0 Å². The van der Waals surface area contributed by atoms with Crippen LogP contribution in [0.5, 0.6) is 0 Å². The zero-order chi connectivity index (χ0) is 41.5. The molecule has 0 saturated carbocycles. The van der Waals surface area contributed by atoms with Gasteiger partial charge in [-0.15, -0.1) is 0 Å². The van der Waals surface area contributed by atoms with Crippen LogP contribution in [-0.4, -0.2) is 46.1 Å². The molecule has 340 valence electrons.